The van der Waals surface area contributed by atoms with E-state index in [0.717, 1.165) is 19.3 Å². The quantitative estimate of drug-likeness (QED) is 0.182. The normalized spacial score (nSPS) is 33.4. The Morgan fingerprint density at radius 2 is 1.70 bits per heavy atom. The lowest BCUT2D eigenvalue weighted by molar-refractivity contribution is -0.179. The van der Waals surface area contributed by atoms with Gasteiger partial charge in [0.15, 0.2) is 18.1 Å². The third-order valence-electron chi connectivity index (χ3n) is 9.70. The maximum absolute atomic E-state index is 13.4. The molecule has 1 fully saturated rings. The molecule has 43 heavy (non-hydrogen) atoms. The molecule has 3 aliphatic rings. The molecule has 0 aromatic rings. The van der Waals surface area contributed by atoms with E-state index in [4.69, 9.17) is 18.3 Å². The van der Waals surface area contributed by atoms with E-state index in [2.05, 4.69) is 107 Å². The van der Waals surface area contributed by atoms with Gasteiger partial charge in [-0.15, -0.1) is 0 Å². The highest BCUT2D eigenvalue weighted by Gasteiger charge is 2.55. The molecule has 246 valence electrons. The van der Waals surface area contributed by atoms with Gasteiger partial charge >= 0.3 is 11.9 Å². The summed E-state index contributed by atoms with van der Waals surface area (Å²) in [6, 6.07) is 0. The van der Waals surface area contributed by atoms with Gasteiger partial charge in [0, 0.05) is 24.2 Å². The maximum atomic E-state index is 13.4. The molecule has 8 heteroatoms. The molecule has 8 atom stereocenters. The lowest BCUT2D eigenvalue weighted by Crippen LogP contribution is -2.58. The number of hydrogen-bond acceptors (Lipinski definition) is 6. The zero-order chi connectivity index (χ0) is 32.5. The van der Waals surface area contributed by atoms with Crippen LogP contribution >= 0.6 is 0 Å². The fourth-order valence-corrected chi connectivity index (χ4v) is 9.70. The molecule has 6 nitrogen and oxygen atoms in total. The van der Waals surface area contributed by atoms with E-state index >= 15 is 0 Å². The molecular formula is C35H62O6Si2. The summed E-state index contributed by atoms with van der Waals surface area (Å²) in [7, 11) is -2.95. The van der Waals surface area contributed by atoms with Crippen molar-refractivity contribution in [3.8, 4) is 0 Å². The van der Waals surface area contributed by atoms with Gasteiger partial charge in [0.05, 0.1) is 5.60 Å². The SMILES string of the molecule is CC(C)CC(=O)O[C@H]1C[C@H](C(C)(C)C)C=C2C=C[C@H](C)[C@](CC[C@@H]3C[C@H](C(C)(C)C)C(O[SiH](C)C)C(=O)O3)(O[SiH](C)C)[C@H]21. The first-order chi connectivity index (χ1) is 19.7. The predicted molar refractivity (Wildman–Crippen MR) is 180 cm³/mol. The van der Waals surface area contributed by atoms with E-state index in [1.807, 2.05) is 0 Å². The van der Waals surface area contributed by atoms with Crippen LogP contribution in [0.1, 0.15) is 94.4 Å². The van der Waals surface area contributed by atoms with Crippen LogP contribution in [0, 0.1) is 40.4 Å². The van der Waals surface area contributed by atoms with E-state index in [1.54, 1.807) is 0 Å². The second kappa shape index (κ2) is 14.0. The Bertz CT molecular complexity index is 1040. The van der Waals surface area contributed by atoms with Crippen molar-refractivity contribution in [3.63, 3.8) is 0 Å². The van der Waals surface area contributed by atoms with E-state index in [9.17, 15) is 9.59 Å². The molecule has 3 rings (SSSR count). The Balaban J connectivity index is 2.00. The summed E-state index contributed by atoms with van der Waals surface area (Å²) in [5.74, 6) is 0.351. The minimum absolute atomic E-state index is 0.0453. The van der Waals surface area contributed by atoms with Crippen LogP contribution in [0.15, 0.2) is 23.8 Å². The topological polar surface area (TPSA) is 71.1 Å². The Hall–Kier alpha value is -1.23. The first-order valence-corrected chi connectivity index (χ1v) is 22.4. The minimum atomic E-state index is -1.53. The third-order valence-corrected chi connectivity index (χ3v) is 11.4. The largest absolute Gasteiger partial charge is 0.462 e. The molecule has 1 saturated heterocycles. The number of hydrogen-bond donors (Lipinski definition) is 0. The molecule has 0 aromatic heterocycles. The standard InChI is InChI=1S/C35H62O6Si2/c1-22(2)18-29(36)39-28-20-25(33(4,5)6)19-24-15-14-23(3)35(30(24)28,41-43(12)13)17-16-26-21-27(34(7,8)9)31(32(37)38-26)40-42(10)11/h14-15,19,22-23,25-28,30-31,42-43H,16-18,20-21H2,1-13H3/t23-,25+,26+,27-,28-,30+,31?,35-/m0/s1. The van der Waals surface area contributed by atoms with Crippen molar-refractivity contribution in [2.24, 2.45) is 40.4 Å². The van der Waals surface area contributed by atoms with Crippen LogP contribution in [0.25, 0.3) is 0 Å². The zero-order valence-corrected chi connectivity index (χ0v) is 31.8. The number of carbonyl (C=O) groups excluding carboxylic acids is 2. The molecule has 1 heterocycles. The molecule has 0 aromatic carbocycles. The van der Waals surface area contributed by atoms with Gasteiger partial charge in [0.25, 0.3) is 0 Å². The molecule has 0 bridgehead atoms. The van der Waals surface area contributed by atoms with Crippen LogP contribution in [0.5, 0.6) is 0 Å². The number of esters is 2. The lowest BCUT2D eigenvalue weighted by Gasteiger charge is -2.54. The Labute approximate surface area is 266 Å². The second-order valence-electron chi connectivity index (χ2n) is 16.7. The number of rotatable bonds is 10. The van der Waals surface area contributed by atoms with Crippen molar-refractivity contribution in [2.75, 3.05) is 0 Å². The number of ether oxygens (including phenoxy) is 2. The van der Waals surface area contributed by atoms with Crippen molar-refractivity contribution >= 4 is 30.0 Å². The number of carbonyl (C=O) groups is 2. The summed E-state index contributed by atoms with van der Waals surface area (Å²) in [6.45, 7) is 28.4. The van der Waals surface area contributed by atoms with Crippen LogP contribution in [-0.2, 0) is 27.9 Å². The molecular weight excluding hydrogens is 573 g/mol. The van der Waals surface area contributed by atoms with Crippen LogP contribution in [0.4, 0.5) is 0 Å². The zero-order valence-electron chi connectivity index (χ0n) is 29.5. The van der Waals surface area contributed by atoms with Gasteiger partial charge in [-0.25, -0.2) is 4.79 Å². The Kier molecular flexibility index (Phi) is 11.8. The molecule has 0 saturated carbocycles. The second-order valence-corrected chi connectivity index (χ2v) is 21.4. The molecule has 0 spiro atoms. The summed E-state index contributed by atoms with van der Waals surface area (Å²) >= 11 is 0. The summed E-state index contributed by atoms with van der Waals surface area (Å²) in [4.78, 5) is 26.5. The van der Waals surface area contributed by atoms with Gasteiger partial charge in [-0.2, -0.15) is 0 Å². The molecule has 0 amide bonds. The van der Waals surface area contributed by atoms with Gasteiger partial charge in [-0.1, -0.05) is 80.5 Å². The number of cyclic esters (lactones) is 1. The summed E-state index contributed by atoms with van der Waals surface area (Å²) in [6.07, 6.45) is 9.46. The highest BCUT2D eigenvalue weighted by molar-refractivity contribution is 6.48. The number of fused-ring (bicyclic) bond motifs is 1. The van der Waals surface area contributed by atoms with Gasteiger partial charge in [0.2, 0.25) is 0 Å². The molecule has 0 N–H and O–H groups in total. The van der Waals surface area contributed by atoms with Crippen molar-refractivity contribution < 1.29 is 27.9 Å². The van der Waals surface area contributed by atoms with Gasteiger partial charge in [-0.3, -0.25) is 4.79 Å². The van der Waals surface area contributed by atoms with Gasteiger partial charge in [0.1, 0.15) is 18.3 Å². The molecule has 0 radical (unpaired) electrons. The maximum Gasteiger partial charge on any atom is 0.334 e. The fraction of sp³-hybridized carbons (Fsp3) is 0.829. The van der Waals surface area contributed by atoms with Crippen LogP contribution in [-0.4, -0.2) is 53.9 Å². The first kappa shape index (κ1) is 36.2. The average molecular weight is 635 g/mol. The predicted octanol–water partition coefficient (Wildman–Crippen LogP) is 7.62. The lowest BCUT2D eigenvalue weighted by atomic mass is 9.59. The minimum Gasteiger partial charge on any atom is -0.462 e. The Morgan fingerprint density at radius 1 is 1.05 bits per heavy atom. The highest BCUT2D eigenvalue weighted by Crippen LogP contribution is 2.52. The van der Waals surface area contributed by atoms with Crippen LogP contribution in [0.2, 0.25) is 26.2 Å². The number of allylic oxidation sites excluding steroid dienone is 2. The van der Waals surface area contributed by atoms with Gasteiger partial charge in [-0.05, 0) is 80.1 Å². The van der Waals surface area contributed by atoms with Gasteiger partial charge < -0.3 is 18.3 Å². The van der Waals surface area contributed by atoms with E-state index in [1.165, 1.54) is 5.57 Å². The fourth-order valence-electron chi connectivity index (χ4n) is 7.46. The smallest absolute Gasteiger partial charge is 0.334 e. The summed E-state index contributed by atoms with van der Waals surface area (Å²) in [5, 5.41) is 0. The highest BCUT2D eigenvalue weighted by atomic mass is 28.3. The van der Waals surface area contributed by atoms with Crippen molar-refractivity contribution in [2.45, 2.75) is 145 Å². The van der Waals surface area contributed by atoms with Crippen molar-refractivity contribution in [3.05, 3.63) is 23.8 Å². The summed E-state index contributed by atoms with van der Waals surface area (Å²) in [5.41, 5.74) is 0.658. The van der Waals surface area contributed by atoms with Crippen LogP contribution in [0.3, 0.4) is 0 Å². The van der Waals surface area contributed by atoms with E-state index in [-0.39, 0.29) is 64.6 Å². The average Bonchev–Trinajstić information content (AvgIpc) is 2.83. The summed E-state index contributed by atoms with van der Waals surface area (Å²) < 4.78 is 26.0. The molecule has 2 aliphatic carbocycles. The first-order valence-electron chi connectivity index (χ1n) is 16.9. The Morgan fingerprint density at radius 3 is 2.23 bits per heavy atom. The van der Waals surface area contributed by atoms with Crippen molar-refractivity contribution in [1.82, 2.24) is 0 Å². The van der Waals surface area contributed by atoms with E-state index < -0.39 is 29.8 Å². The van der Waals surface area contributed by atoms with E-state index in [0.29, 0.717) is 12.8 Å². The molecule has 1 aliphatic heterocycles. The van der Waals surface area contributed by atoms with Crippen molar-refractivity contribution in [1.29, 1.82) is 0 Å². The van der Waals surface area contributed by atoms with Crippen LogP contribution < -0.4 is 0 Å². The third kappa shape index (κ3) is 8.95. The molecule has 1 unspecified atom stereocenters. The monoisotopic (exact) mass is 634 g/mol.